The molecule has 0 saturated carbocycles. The molecule has 10 atom stereocenters. The van der Waals surface area contributed by atoms with E-state index in [0.29, 0.717) is 13.0 Å². The highest BCUT2D eigenvalue weighted by molar-refractivity contribution is 5.69. The summed E-state index contributed by atoms with van der Waals surface area (Å²) in [6.45, 7) is 3.68. The maximum atomic E-state index is 13.5. The van der Waals surface area contributed by atoms with Crippen LogP contribution in [0.1, 0.15) is 71.6 Å². The summed E-state index contributed by atoms with van der Waals surface area (Å²) in [5, 5.41) is 0. The van der Waals surface area contributed by atoms with Gasteiger partial charge in [0.15, 0.2) is 12.6 Å². The number of esters is 1. The standard InChI is InChI=1S/C67H74O12/c1-2-3-11-40-59(68)70-49-58-61(72-43-52-30-16-6-17-31-52)63(74-45-54-34-20-8-21-35-54)65(76-47-56-38-24-10-25-39-56)67(78-58)79-66-64(75-46-55-36-22-9-23-37-55)62(73-44-53-32-18-7-19-33-53)60(71-42-51-28-14-5-15-29-51)57(77-66)48-69-41-50-26-12-4-13-27-50/h4-10,12-39,57-58,60-67H,2-3,11,40-49H2,1H3/t57?,58?,60-,61-,62?,63?,64?,65?,66-,67-/m1/s1. The monoisotopic (exact) mass is 1070 g/mol. The Kier molecular flexibility index (Phi) is 22.8. The van der Waals surface area contributed by atoms with Gasteiger partial charge in [0.25, 0.3) is 0 Å². The molecule has 12 nitrogen and oxygen atoms in total. The molecule has 12 heteroatoms. The summed E-state index contributed by atoms with van der Waals surface area (Å²) in [5.41, 5.74) is 6.69. The normalized spacial score (nSPS) is 23.0. The lowest BCUT2D eigenvalue weighted by molar-refractivity contribution is -0.394. The Hall–Kier alpha value is -6.39. The van der Waals surface area contributed by atoms with Gasteiger partial charge >= 0.3 is 5.97 Å². The van der Waals surface area contributed by atoms with E-state index in [1.165, 1.54) is 0 Å². The first-order valence-electron chi connectivity index (χ1n) is 27.7. The number of benzene rings is 7. The van der Waals surface area contributed by atoms with Gasteiger partial charge in [-0.25, -0.2) is 0 Å². The number of rotatable bonds is 30. The van der Waals surface area contributed by atoms with Crippen molar-refractivity contribution in [3.05, 3.63) is 251 Å². The van der Waals surface area contributed by atoms with Gasteiger partial charge in [-0.15, -0.1) is 0 Å². The fourth-order valence-electron chi connectivity index (χ4n) is 9.74. The van der Waals surface area contributed by atoms with Crippen LogP contribution in [0.2, 0.25) is 0 Å². The van der Waals surface area contributed by atoms with Crippen LogP contribution in [0, 0.1) is 0 Å². The second kappa shape index (κ2) is 31.4. The zero-order chi connectivity index (χ0) is 54.1. The summed E-state index contributed by atoms with van der Waals surface area (Å²) in [6, 6.07) is 69.8. The Balaban J connectivity index is 1.12. The molecule has 6 unspecified atom stereocenters. The lowest BCUT2D eigenvalue weighted by atomic mass is 9.96. The molecule has 9 rings (SSSR count). The molecular formula is C67H74O12. The van der Waals surface area contributed by atoms with Gasteiger partial charge in [-0.3, -0.25) is 4.79 Å². The minimum absolute atomic E-state index is 0.110. The SMILES string of the molecule is CCCCCC(=O)OCC1O[C@H](O[C@H]2OC(COCc3ccccc3)[C@@H](OCc3ccccc3)C(OCc3ccccc3)C2OCc2ccccc2)C(OCc2ccccc2)C(OCc2ccccc2)[C@@H]1OCc1ccccc1. The van der Waals surface area contributed by atoms with Gasteiger partial charge in [0.1, 0.15) is 55.4 Å². The summed E-state index contributed by atoms with van der Waals surface area (Å²) in [7, 11) is 0. The smallest absolute Gasteiger partial charge is 0.305 e. The van der Waals surface area contributed by atoms with E-state index in [1.807, 2.05) is 212 Å². The molecule has 2 fully saturated rings. The second-order valence-electron chi connectivity index (χ2n) is 19.9. The van der Waals surface area contributed by atoms with E-state index < -0.39 is 61.4 Å². The van der Waals surface area contributed by atoms with E-state index in [2.05, 4.69) is 6.92 Å². The van der Waals surface area contributed by atoms with E-state index in [0.717, 1.165) is 51.8 Å². The first-order chi connectivity index (χ1) is 39.1. The molecule has 414 valence electrons. The fourth-order valence-corrected chi connectivity index (χ4v) is 9.74. The lowest BCUT2D eigenvalue weighted by Gasteiger charge is -2.49. The Morgan fingerprint density at radius 3 is 0.975 bits per heavy atom. The van der Waals surface area contributed by atoms with Gasteiger partial charge in [-0.2, -0.15) is 0 Å². The maximum absolute atomic E-state index is 13.5. The average Bonchev–Trinajstić information content (AvgIpc) is 3.58. The first-order valence-corrected chi connectivity index (χ1v) is 27.7. The largest absolute Gasteiger partial charge is 0.463 e. The second-order valence-corrected chi connectivity index (χ2v) is 19.9. The van der Waals surface area contributed by atoms with Crippen LogP contribution >= 0.6 is 0 Å². The third-order valence-corrected chi connectivity index (χ3v) is 13.9. The van der Waals surface area contributed by atoms with Crippen molar-refractivity contribution in [2.75, 3.05) is 13.2 Å². The third-order valence-electron chi connectivity index (χ3n) is 13.9. The number of hydrogen-bond donors (Lipinski definition) is 0. The average molecular weight is 1070 g/mol. The maximum Gasteiger partial charge on any atom is 0.305 e. The van der Waals surface area contributed by atoms with Gasteiger partial charge < -0.3 is 52.1 Å². The molecule has 0 radical (unpaired) electrons. The topological polar surface area (TPSA) is 119 Å². The molecule has 7 aromatic rings. The zero-order valence-electron chi connectivity index (χ0n) is 45.1. The van der Waals surface area contributed by atoms with Crippen molar-refractivity contribution in [3.8, 4) is 0 Å². The Labute approximate surface area is 465 Å². The molecular weight excluding hydrogens is 997 g/mol. The van der Waals surface area contributed by atoms with E-state index in [4.69, 9.17) is 52.1 Å². The molecule has 0 bridgehead atoms. The number of carbonyl (C=O) groups excluding carboxylic acids is 1. The molecule has 2 saturated heterocycles. The van der Waals surface area contributed by atoms with Crippen molar-refractivity contribution in [1.82, 2.24) is 0 Å². The van der Waals surface area contributed by atoms with Crippen molar-refractivity contribution in [1.29, 1.82) is 0 Å². The molecule has 0 aromatic heterocycles. The van der Waals surface area contributed by atoms with E-state index in [1.54, 1.807) is 0 Å². The van der Waals surface area contributed by atoms with E-state index >= 15 is 0 Å². The number of unbranched alkanes of at least 4 members (excludes halogenated alkanes) is 2. The summed E-state index contributed by atoms with van der Waals surface area (Å²) >= 11 is 0. The van der Waals surface area contributed by atoms with Gasteiger partial charge in [-0.1, -0.05) is 232 Å². The highest BCUT2D eigenvalue weighted by atomic mass is 16.8. The Morgan fingerprint density at radius 2 is 0.646 bits per heavy atom. The fraction of sp³-hybridized carbons (Fsp3) is 0.358. The van der Waals surface area contributed by atoms with Crippen LogP contribution in [0.15, 0.2) is 212 Å². The third kappa shape index (κ3) is 17.8. The minimum atomic E-state index is -1.22. The predicted molar refractivity (Wildman–Crippen MR) is 300 cm³/mol. The summed E-state index contributed by atoms with van der Waals surface area (Å²) in [6.07, 6.45) is -6.28. The molecule has 2 aliphatic heterocycles. The van der Waals surface area contributed by atoms with Crippen molar-refractivity contribution >= 4 is 5.97 Å². The molecule has 2 aliphatic rings. The van der Waals surface area contributed by atoms with Gasteiger partial charge in [0.05, 0.1) is 52.9 Å². The van der Waals surface area contributed by atoms with Crippen molar-refractivity contribution in [3.63, 3.8) is 0 Å². The zero-order valence-corrected chi connectivity index (χ0v) is 45.1. The Bertz CT molecular complexity index is 2740. The lowest BCUT2D eigenvalue weighted by Crippen LogP contribution is -2.66. The van der Waals surface area contributed by atoms with Gasteiger partial charge in [0, 0.05) is 6.42 Å². The predicted octanol–water partition coefficient (Wildman–Crippen LogP) is 12.3. The van der Waals surface area contributed by atoms with Gasteiger partial charge in [0.2, 0.25) is 0 Å². The van der Waals surface area contributed by atoms with Crippen LogP contribution in [0.5, 0.6) is 0 Å². The molecule has 79 heavy (non-hydrogen) atoms. The molecule has 0 spiro atoms. The van der Waals surface area contributed by atoms with Crippen molar-refractivity contribution in [2.45, 2.75) is 140 Å². The Morgan fingerprint density at radius 1 is 0.354 bits per heavy atom. The van der Waals surface area contributed by atoms with Crippen LogP contribution in [-0.2, 0) is 103 Å². The van der Waals surface area contributed by atoms with Crippen LogP contribution in [0.25, 0.3) is 0 Å². The molecule has 7 aromatic carbocycles. The highest BCUT2D eigenvalue weighted by Crippen LogP contribution is 2.37. The number of hydrogen-bond acceptors (Lipinski definition) is 12. The molecule has 2 heterocycles. The van der Waals surface area contributed by atoms with Gasteiger partial charge in [-0.05, 0) is 45.4 Å². The van der Waals surface area contributed by atoms with Crippen LogP contribution in [-0.4, -0.2) is 80.6 Å². The summed E-state index contributed by atoms with van der Waals surface area (Å²) in [5.74, 6) is -0.330. The van der Waals surface area contributed by atoms with E-state index in [-0.39, 0.29) is 65.2 Å². The summed E-state index contributed by atoms with van der Waals surface area (Å²) < 4.78 is 76.6. The van der Waals surface area contributed by atoms with Crippen LogP contribution in [0.3, 0.4) is 0 Å². The van der Waals surface area contributed by atoms with Crippen molar-refractivity contribution in [2.24, 2.45) is 0 Å². The quantitative estimate of drug-likeness (QED) is 0.0315. The van der Waals surface area contributed by atoms with Crippen molar-refractivity contribution < 1.29 is 56.9 Å². The number of ether oxygens (including phenoxy) is 11. The van der Waals surface area contributed by atoms with E-state index in [9.17, 15) is 4.79 Å². The van der Waals surface area contributed by atoms with Crippen LogP contribution in [0.4, 0.5) is 0 Å². The molecule has 0 amide bonds. The molecule has 0 aliphatic carbocycles. The highest BCUT2D eigenvalue weighted by Gasteiger charge is 2.54. The first kappa shape index (κ1) is 57.3. The number of carbonyl (C=O) groups is 1. The molecule has 0 N–H and O–H groups in total. The summed E-state index contributed by atoms with van der Waals surface area (Å²) in [4.78, 5) is 13.5. The minimum Gasteiger partial charge on any atom is -0.463 e. The van der Waals surface area contributed by atoms with Crippen LogP contribution < -0.4 is 0 Å².